The Morgan fingerprint density at radius 3 is 1.94 bits per heavy atom. The van der Waals surface area contributed by atoms with E-state index in [-0.39, 0.29) is 0 Å². The van der Waals surface area contributed by atoms with Crippen LogP contribution in [0.2, 0.25) is 11.1 Å². The summed E-state index contributed by atoms with van der Waals surface area (Å²) in [5.41, 5.74) is 6.24. The van der Waals surface area contributed by atoms with Gasteiger partial charge in [-0.15, -0.1) is 0 Å². The lowest BCUT2D eigenvalue weighted by atomic mass is 9.97. The molecule has 3 aromatic carbocycles. The second-order valence-electron chi connectivity index (χ2n) is 10.9. The summed E-state index contributed by atoms with van der Waals surface area (Å²) >= 11 is 0. The van der Waals surface area contributed by atoms with E-state index in [2.05, 4.69) is 66.7 Å². The maximum Gasteiger partial charge on any atom is 0.101 e. The minimum atomic E-state index is -1.61. The van der Waals surface area contributed by atoms with Crippen LogP contribution in [-0.4, -0.2) is 8.07 Å². The van der Waals surface area contributed by atoms with Gasteiger partial charge < -0.3 is 0 Å². The highest BCUT2D eigenvalue weighted by molar-refractivity contribution is 7.00. The van der Waals surface area contributed by atoms with E-state index in [4.69, 9.17) is 0 Å². The minimum absolute atomic E-state index is 0.883. The number of rotatable bonds is 5. The molecule has 2 saturated carbocycles. The van der Waals surface area contributed by atoms with Gasteiger partial charge in [0.05, 0.1) is 0 Å². The van der Waals surface area contributed by atoms with Crippen molar-refractivity contribution in [2.24, 2.45) is 0 Å². The molecule has 0 bridgehead atoms. The maximum atomic E-state index is 2.56. The maximum absolute atomic E-state index is 2.56. The van der Waals surface area contributed by atoms with Crippen molar-refractivity contribution in [2.45, 2.75) is 93.7 Å². The van der Waals surface area contributed by atoms with Crippen LogP contribution in [0.25, 0.3) is 10.8 Å². The van der Waals surface area contributed by atoms with Gasteiger partial charge in [-0.2, -0.15) is 0 Å². The molecule has 3 aromatic rings. The molecule has 32 heavy (non-hydrogen) atoms. The third kappa shape index (κ3) is 3.31. The van der Waals surface area contributed by atoms with E-state index >= 15 is 0 Å². The zero-order valence-electron chi connectivity index (χ0n) is 19.6. The van der Waals surface area contributed by atoms with Crippen molar-refractivity contribution >= 4 is 24.0 Å². The lowest BCUT2D eigenvalue weighted by Gasteiger charge is -2.60. The molecular formula is C31H38Si. The zero-order valence-corrected chi connectivity index (χ0v) is 20.6. The fourth-order valence-electron chi connectivity index (χ4n) is 8.24. The summed E-state index contributed by atoms with van der Waals surface area (Å²) < 4.78 is 0. The normalized spacial score (nSPS) is 23.6. The molecule has 0 radical (unpaired) electrons. The first-order valence-electron chi connectivity index (χ1n) is 13.4. The molecule has 2 fully saturated rings. The first-order chi connectivity index (χ1) is 15.9. The Kier molecular flexibility index (Phi) is 5.71. The number of benzene rings is 3. The molecule has 3 aliphatic rings. The Balaban J connectivity index is 1.49. The molecule has 0 aromatic heterocycles. The van der Waals surface area contributed by atoms with Gasteiger partial charge in [-0.05, 0) is 56.6 Å². The Labute approximate surface area is 195 Å². The van der Waals surface area contributed by atoms with Crippen LogP contribution in [0, 0.1) is 0 Å². The topological polar surface area (TPSA) is 0 Å². The quantitative estimate of drug-likeness (QED) is 0.351. The Morgan fingerprint density at radius 1 is 0.625 bits per heavy atom. The Bertz CT molecular complexity index is 1040. The number of hydrogen-bond acceptors (Lipinski definition) is 0. The van der Waals surface area contributed by atoms with Crippen LogP contribution >= 0.6 is 0 Å². The highest BCUT2D eigenvalue weighted by Gasteiger charge is 2.61. The molecule has 0 amide bonds. The van der Waals surface area contributed by atoms with Gasteiger partial charge in [0.15, 0.2) is 0 Å². The predicted molar refractivity (Wildman–Crippen MR) is 141 cm³/mol. The molecule has 1 atom stereocenters. The van der Waals surface area contributed by atoms with E-state index in [0.29, 0.717) is 0 Å². The lowest BCUT2D eigenvalue weighted by Crippen LogP contribution is -2.70. The standard InChI is InChI=1S/C31H38Si/c1-4-12-24(13-5-1)20-23-30-29-22-21-25-14-10-11-19-28(25)31(29)32(30,26-15-6-2-7-16-26)27-17-8-3-9-18-27/h1,4-5,10-14,19,21-22,26-27,30H,2-3,6-9,15-18,20,23H2. The molecular weight excluding hydrogens is 400 g/mol. The van der Waals surface area contributed by atoms with Gasteiger partial charge in [0.2, 0.25) is 0 Å². The molecule has 1 heteroatoms. The first-order valence-corrected chi connectivity index (χ1v) is 15.7. The summed E-state index contributed by atoms with van der Waals surface area (Å²) in [4.78, 5) is 0. The monoisotopic (exact) mass is 438 g/mol. The third-order valence-electron chi connectivity index (χ3n) is 9.47. The molecule has 6 rings (SSSR count). The molecule has 0 nitrogen and oxygen atoms in total. The SMILES string of the molecule is c1ccc(CCC2c3ccc4ccccc4c3[Si]2(C2CCCCC2)C2CCCCC2)cc1. The summed E-state index contributed by atoms with van der Waals surface area (Å²) in [7, 11) is -1.61. The van der Waals surface area contributed by atoms with E-state index in [0.717, 1.165) is 16.6 Å². The van der Waals surface area contributed by atoms with Crippen molar-refractivity contribution in [2.75, 3.05) is 0 Å². The molecule has 2 aliphatic carbocycles. The summed E-state index contributed by atoms with van der Waals surface area (Å²) in [5.74, 6) is 0. The predicted octanol–water partition coefficient (Wildman–Crippen LogP) is 8.43. The van der Waals surface area contributed by atoms with E-state index in [1.807, 2.05) is 5.19 Å². The minimum Gasteiger partial charge on any atom is -0.0622 e. The van der Waals surface area contributed by atoms with Crippen LogP contribution in [0.3, 0.4) is 0 Å². The van der Waals surface area contributed by atoms with Crippen molar-refractivity contribution in [3.05, 3.63) is 77.9 Å². The smallest absolute Gasteiger partial charge is 0.0622 e. The van der Waals surface area contributed by atoms with Crippen LogP contribution in [0.1, 0.15) is 87.3 Å². The Morgan fingerprint density at radius 2 is 1.25 bits per heavy atom. The molecule has 166 valence electrons. The second-order valence-corrected chi connectivity index (χ2v) is 15.6. The summed E-state index contributed by atoms with van der Waals surface area (Å²) in [5, 5.41) is 5.08. The largest absolute Gasteiger partial charge is 0.101 e. The fraction of sp³-hybridized carbons (Fsp3) is 0.484. The van der Waals surface area contributed by atoms with Gasteiger partial charge in [-0.25, -0.2) is 0 Å². The van der Waals surface area contributed by atoms with Gasteiger partial charge >= 0.3 is 0 Å². The van der Waals surface area contributed by atoms with E-state index < -0.39 is 8.07 Å². The molecule has 0 spiro atoms. The van der Waals surface area contributed by atoms with Gasteiger partial charge in [-0.1, -0.05) is 131 Å². The summed E-state index contributed by atoms with van der Waals surface area (Å²) in [6, 6.07) is 25.7. The Hall–Kier alpha value is -1.86. The second kappa shape index (κ2) is 8.82. The lowest BCUT2D eigenvalue weighted by molar-refractivity contribution is 0.441. The van der Waals surface area contributed by atoms with Crippen molar-refractivity contribution in [1.29, 1.82) is 0 Å². The summed E-state index contributed by atoms with van der Waals surface area (Å²) in [6.45, 7) is 0. The highest BCUT2D eigenvalue weighted by atomic mass is 28.3. The van der Waals surface area contributed by atoms with Crippen molar-refractivity contribution in [3.63, 3.8) is 0 Å². The fourth-order valence-corrected chi connectivity index (χ4v) is 16.5. The van der Waals surface area contributed by atoms with Crippen LogP contribution < -0.4 is 5.19 Å². The van der Waals surface area contributed by atoms with Crippen LogP contribution in [0.15, 0.2) is 66.7 Å². The van der Waals surface area contributed by atoms with Gasteiger partial charge in [0.25, 0.3) is 0 Å². The van der Waals surface area contributed by atoms with Gasteiger partial charge in [0, 0.05) is 0 Å². The average Bonchev–Trinajstić information content (AvgIpc) is 2.86. The van der Waals surface area contributed by atoms with Gasteiger partial charge in [-0.3, -0.25) is 0 Å². The molecule has 1 unspecified atom stereocenters. The number of aryl methyl sites for hydroxylation is 1. The molecule has 0 saturated heterocycles. The number of fused-ring (bicyclic) bond motifs is 3. The van der Waals surface area contributed by atoms with Gasteiger partial charge in [0.1, 0.15) is 8.07 Å². The zero-order chi connectivity index (χ0) is 21.4. The van der Waals surface area contributed by atoms with E-state index in [1.165, 1.54) is 88.0 Å². The van der Waals surface area contributed by atoms with Crippen molar-refractivity contribution < 1.29 is 0 Å². The van der Waals surface area contributed by atoms with Crippen molar-refractivity contribution in [3.8, 4) is 0 Å². The first kappa shape index (κ1) is 20.7. The highest BCUT2D eigenvalue weighted by Crippen LogP contribution is 2.60. The molecule has 1 heterocycles. The van der Waals surface area contributed by atoms with E-state index in [9.17, 15) is 0 Å². The van der Waals surface area contributed by atoms with Crippen molar-refractivity contribution in [1.82, 2.24) is 0 Å². The van der Waals surface area contributed by atoms with Crippen LogP contribution in [0.5, 0.6) is 0 Å². The summed E-state index contributed by atoms with van der Waals surface area (Å²) in [6.07, 6.45) is 17.6. The molecule has 0 N–H and O–H groups in total. The average molecular weight is 439 g/mol. The van der Waals surface area contributed by atoms with Crippen LogP contribution in [0.4, 0.5) is 0 Å². The van der Waals surface area contributed by atoms with E-state index in [1.54, 1.807) is 10.9 Å². The molecule has 1 aliphatic heterocycles. The third-order valence-corrected chi connectivity index (χ3v) is 16.5. The number of hydrogen-bond donors (Lipinski definition) is 0. The van der Waals surface area contributed by atoms with Crippen LogP contribution in [-0.2, 0) is 6.42 Å².